The molecule has 2 heterocycles. The largest absolute Gasteiger partial charge is 0.476 e. The van der Waals surface area contributed by atoms with E-state index in [1.165, 1.54) is 27.8 Å². The van der Waals surface area contributed by atoms with Crippen LogP contribution in [0.4, 0.5) is 0 Å². The van der Waals surface area contributed by atoms with Crippen LogP contribution in [0.2, 0.25) is 0 Å². The van der Waals surface area contributed by atoms with Crippen molar-refractivity contribution in [2.75, 3.05) is 6.54 Å². The minimum atomic E-state index is -3.67. The lowest BCUT2D eigenvalue weighted by molar-refractivity contribution is 0.0690. The fourth-order valence-electron chi connectivity index (χ4n) is 1.66. The van der Waals surface area contributed by atoms with Crippen molar-refractivity contribution in [3.63, 3.8) is 0 Å². The van der Waals surface area contributed by atoms with Gasteiger partial charge in [0, 0.05) is 13.1 Å². The average Bonchev–Trinajstić information content (AvgIpc) is 3.07. The van der Waals surface area contributed by atoms with Gasteiger partial charge in [0.1, 0.15) is 0 Å². The molecule has 0 atom stereocenters. The molecule has 21 heavy (non-hydrogen) atoms. The van der Waals surface area contributed by atoms with Crippen LogP contribution in [-0.2, 0) is 23.1 Å². The third-order valence-electron chi connectivity index (χ3n) is 2.64. The monoisotopic (exact) mass is 314 g/mol. The maximum Gasteiger partial charge on any atom is 0.358 e. The molecule has 0 bridgehead atoms. The Bertz CT molecular complexity index is 734. The second kappa shape index (κ2) is 6.01. The number of nitrogens with zero attached hydrogens (tertiary/aromatic N) is 5. The van der Waals surface area contributed by atoms with Gasteiger partial charge in [0.2, 0.25) is 0 Å². The predicted molar refractivity (Wildman–Crippen MR) is 70.1 cm³/mol. The summed E-state index contributed by atoms with van der Waals surface area (Å²) in [6, 6.07) is 1.41. The van der Waals surface area contributed by atoms with Gasteiger partial charge in [-0.15, -0.1) is 5.10 Å². The summed E-state index contributed by atoms with van der Waals surface area (Å²) in [5, 5.41) is 19.7. The molecule has 0 fully saturated rings. The Morgan fingerprint density at radius 1 is 1.48 bits per heavy atom. The van der Waals surface area contributed by atoms with Crippen LogP contribution in [0.1, 0.15) is 17.4 Å². The number of aryl methyl sites for hydroxylation is 1. The number of sulfonamides is 1. The minimum absolute atomic E-state index is 0.0552. The number of carbonyl (C=O) groups is 1. The average molecular weight is 314 g/mol. The van der Waals surface area contributed by atoms with Crippen LogP contribution in [-0.4, -0.2) is 50.8 Å². The zero-order valence-electron chi connectivity index (χ0n) is 11.2. The maximum absolute atomic E-state index is 12.1. The second-order valence-corrected chi connectivity index (χ2v) is 5.77. The van der Waals surface area contributed by atoms with Crippen molar-refractivity contribution in [2.24, 2.45) is 0 Å². The third kappa shape index (κ3) is 3.44. The van der Waals surface area contributed by atoms with Crippen LogP contribution in [0.25, 0.3) is 0 Å². The SMILES string of the molecule is CCn1nccc1S(=O)(=O)NCCn1cc(C(=O)O)nn1. The number of nitrogens with one attached hydrogen (secondary N) is 1. The van der Waals surface area contributed by atoms with Gasteiger partial charge < -0.3 is 5.11 Å². The number of aromatic carboxylic acids is 1. The van der Waals surface area contributed by atoms with Crippen LogP contribution in [0.15, 0.2) is 23.5 Å². The summed E-state index contributed by atoms with van der Waals surface area (Å²) in [5.74, 6) is -1.19. The van der Waals surface area contributed by atoms with E-state index in [9.17, 15) is 13.2 Å². The van der Waals surface area contributed by atoms with Crippen LogP contribution >= 0.6 is 0 Å². The molecule has 0 aliphatic rings. The molecule has 0 saturated heterocycles. The molecule has 2 N–H and O–H groups in total. The molecule has 11 heteroatoms. The van der Waals surface area contributed by atoms with Gasteiger partial charge in [0.05, 0.1) is 18.9 Å². The first-order valence-electron chi connectivity index (χ1n) is 6.09. The Morgan fingerprint density at radius 3 is 2.86 bits per heavy atom. The lowest BCUT2D eigenvalue weighted by Crippen LogP contribution is -2.29. The molecule has 10 nitrogen and oxygen atoms in total. The van der Waals surface area contributed by atoms with Crippen LogP contribution in [0, 0.1) is 0 Å². The molecule has 2 rings (SSSR count). The highest BCUT2D eigenvalue weighted by atomic mass is 32.2. The van der Waals surface area contributed by atoms with Gasteiger partial charge in [-0.05, 0) is 13.0 Å². The van der Waals surface area contributed by atoms with Crippen molar-refractivity contribution >= 4 is 16.0 Å². The van der Waals surface area contributed by atoms with E-state index >= 15 is 0 Å². The molecular formula is C10H14N6O4S. The summed E-state index contributed by atoms with van der Waals surface area (Å²) in [6.45, 7) is 2.45. The molecule has 0 radical (unpaired) electrons. The molecule has 0 aliphatic carbocycles. The maximum atomic E-state index is 12.1. The van der Waals surface area contributed by atoms with Crippen LogP contribution < -0.4 is 4.72 Å². The molecule has 2 aromatic heterocycles. The van der Waals surface area contributed by atoms with E-state index in [0.717, 1.165) is 0 Å². The lowest BCUT2D eigenvalue weighted by Gasteiger charge is -2.07. The molecular weight excluding hydrogens is 300 g/mol. The van der Waals surface area contributed by atoms with Gasteiger partial charge in [0.25, 0.3) is 10.0 Å². The molecule has 114 valence electrons. The van der Waals surface area contributed by atoms with Crippen LogP contribution in [0.5, 0.6) is 0 Å². The van der Waals surface area contributed by atoms with E-state index in [4.69, 9.17) is 5.11 Å². The normalized spacial score (nSPS) is 11.7. The van der Waals surface area contributed by atoms with Crippen molar-refractivity contribution < 1.29 is 18.3 Å². The van der Waals surface area contributed by atoms with E-state index in [0.29, 0.717) is 6.54 Å². The van der Waals surface area contributed by atoms with E-state index in [1.807, 2.05) is 0 Å². The van der Waals surface area contributed by atoms with Gasteiger partial charge in [0.15, 0.2) is 10.7 Å². The molecule has 0 amide bonds. The minimum Gasteiger partial charge on any atom is -0.476 e. The number of aromatic nitrogens is 5. The van der Waals surface area contributed by atoms with Crippen molar-refractivity contribution in [3.8, 4) is 0 Å². The number of carboxylic acid groups (broad SMARTS) is 1. The summed E-state index contributed by atoms with van der Waals surface area (Å²) in [5.41, 5.74) is -0.193. The quantitative estimate of drug-likeness (QED) is 0.681. The molecule has 0 aliphatic heterocycles. The van der Waals surface area contributed by atoms with Crippen molar-refractivity contribution in [3.05, 3.63) is 24.2 Å². The molecule has 0 unspecified atom stereocenters. The van der Waals surface area contributed by atoms with E-state index in [2.05, 4.69) is 20.1 Å². The van der Waals surface area contributed by atoms with E-state index in [-0.39, 0.29) is 23.8 Å². The fourth-order valence-corrected chi connectivity index (χ4v) is 2.86. The molecule has 0 aromatic carbocycles. The smallest absolute Gasteiger partial charge is 0.358 e. The third-order valence-corrected chi connectivity index (χ3v) is 4.12. The Hall–Kier alpha value is -2.27. The van der Waals surface area contributed by atoms with Gasteiger partial charge in [-0.25, -0.2) is 17.9 Å². The van der Waals surface area contributed by atoms with Crippen molar-refractivity contribution in [1.29, 1.82) is 0 Å². The Labute approximate surface area is 120 Å². The predicted octanol–water partition coefficient (Wildman–Crippen LogP) is -0.829. The summed E-state index contributed by atoms with van der Waals surface area (Å²) in [4.78, 5) is 10.6. The fraction of sp³-hybridized carbons (Fsp3) is 0.400. The topological polar surface area (TPSA) is 132 Å². The molecule has 0 spiro atoms. The number of hydrogen-bond acceptors (Lipinski definition) is 6. The first-order valence-corrected chi connectivity index (χ1v) is 7.57. The van der Waals surface area contributed by atoms with Gasteiger partial charge in [-0.2, -0.15) is 5.10 Å². The van der Waals surface area contributed by atoms with Crippen molar-refractivity contribution in [2.45, 2.75) is 25.0 Å². The lowest BCUT2D eigenvalue weighted by atomic mass is 10.5. The molecule has 0 saturated carbocycles. The van der Waals surface area contributed by atoms with Crippen molar-refractivity contribution in [1.82, 2.24) is 29.5 Å². The molecule has 2 aromatic rings. The highest BCUT2D eigenvalue weighted by molar-refractivity contribution is 7.89. The summed E-state index contributed by atoms with van der Waals surface area (Å²) in [7, 11) is -3.67. The summed E-state index contributed by atoms with van der Waals surface area (Å²) >= 11 is 0. The van der Waals surface area contributed by atoms with Crippen LogP contribution in [0.3, 0.4) is 0 Å². The summed E-state index contributed by atoms with van der Waals surface area (Å²) < 4.78 is 29.1. The second-order valence-electron chi connectivity index (χ2n) is 4.05. The highest BCUT2D eigenvalue weighted by Crippen LogP contribution is 2.07. The zero-order chi connectivity index (χ0) is 15.5. The number of hydrogen-bond donors (Lipinski definition) is 2. The van der Waals surface area contributed by atoms with Gasteiger partial charge >= 0.3 is 5.97 Å². The summed E-state index contributed by atoms with van der Waals surface area (Å²) in [6.07, 6.45) is 2.64. The van der Waals surface area contributed by atoms with E-state index < -0.39 is 16.0 Å². The Balaban J connectivity index is 1.97. The zero-order valence-corrected chi connectivity index (χ0v) is 12.0. The van der Waals surface area contributed by atoms with E-state index in [1.54, 1.807) is 6.92 Å². The highest BCUT2D eigenvalue weighted by Gasteiger charge is 2.18. The standard InChI is InChI=1S/C10H14N6O4S/c1-2-16-9(3-4-11-16)21(19,20)12-5-6-15-7-8(10(17)18)13-14-15/h3-4,7,12H,2,5-6H2,1H3,(H,17,18). The first kappa shape index (κ1) is 15.1. The first-order chi connectivity index (χ1) is 9.94. The number of rotatable bonds is 7. The number of carboxylic acids is 1. The van der Waals surface area contributed by atoms with Gasteiger partial charge in [-0.1, -0.05) is 5.21 Å². The Morgan fingerprint density at radius 2 is 2.24 bits per heavy atom. The van der Waals surface area contributed by atoms with Gasteiger partial charge in [-0.3, -0.25) is 9.36 Å². The Kier molecular flexibility index (Phi) is 4.33.